The fourth-order valence-corrected chi connectivity index (χ4v) is 5.14. The van der Waals surface area contributed by atoms with Crippen LogP contribution >= 0.6 is 11.8 Å². The maximum atomic E-state index is 12.3. The Labute approximate surface area is 194 Å². The number of methoxy groups -OCH3 is 1. The Kier molecular flexibility index (Phi) is 7.65. The predicted molar refractivity (Wildman–Crippen MR) is 131 cm³/mol. The number of hydrogen-bond donors (Lipinski definition) is 1. The van der Waals surface area contributed by atoms with Gasteiger partial charge in [0.15, 0.2) is 0 Å². The van der Waals surface area contributed by atoms with E-state index in [4.69, 9.17) is 14.7 Å². The number of para-hydroxylation sites is 1. The lowest BCUT2D eigenvalue weighted by Gasteiger charge is -2.34. The van der Waals surface area contributed by atoms with Gasteiger partial charge in [-0.15, -0.1) is 11.8 Å². The second-order valence-corrected chi connectivity index (χ2v) is 9.82. The molecule has 32 heavy (non-hydrogen) atoms. The van der Waals surface area contributed by atoms with E-state index in [0.717, 1.165) is 49.5 Å². The molecule has 1 aromatic carbocycles. The Morgan fingerprint density at radius 3 is 2.50 bits per heavy atom. The molecule has 1 aromatic heterocycles. The molecule has 0 amide bonds. The number of hydrogen-bond acceptors (Lipinski definition) is 8. The van der Waals surface area contributed by atoms with Crippen molar-refractivity contribution in [2.75, 3.05) is 50.9 Å². The number of anilines is 1. The molecule has 7 nitrogen and oxygen atoms in total. The summed E-state index contributed by atoms with van der Waals surface area (Å²) in [6, 6.07) is 7.48. The molecule has 2 aromatic rings. The highest BCUT2D eigenvalue weighted by atomic mass is 32.2. The molecule has 4 rings (SSSR count). The normalized spacial score (nSPS) is 18.7. The van der Waals surface area contributed by atoms with Gasteiger partial charge in [0, 0.05) is 43.9 Å². The van der Waals surface area contributed by atoms with Crippen molar-refractivity contribution in [1.29, 1.82) is 0 Å². The summed E-state index contributed by atoms with van der Waals surface area (Å²) in [6.45, 7) is 9.96. The van der Waals surface area contributed by atoms with Gasteiger partial charge in [0.2, 0.25) is 0 Å². The SMILES string of the molecule is COC(=O)[C@@H](Nc1nc(CN2CCN(CC3=CSCC3)CC2)nc2ccccc12)C(C)C. The van der Waals surface area contributed by atoms with Crippen LogP contribution in [0.1, 0.15) is 26.1 Å². The van der Waals surface area contributed by atoms with Crippen LogP contribution in [0.2, 0.25) is 0 Å². The van der Waals surface area contributed by atoms with Gasteiger partial charge in [0.05, 0.1) is 19.2 Å². The maximum absolute atomic E-state index is 12.3. The summed E-state index contributed by atoms with van der Waals surface area (Å²) in [5.74, 6) is 2.50. The van der Waals surface area contributed by atoms with Crippen LogP contribution in [0.3, 0.4) is 0 Å². The van der Waals surface area contributed by atoms with Gasteiger partial charge in [-0.1, -0.05) is 26.0 Å². The lowest BCUT2D eigenvalue weighted by atomic mass is 10.0. The Morgan fingerprint density at radius 1 is 1.12 bits per heavy atom. The fourth-order valence-electron chi connectivity index (χ4n) is 4.21. The standard InChI is InChI=1S/C24H33N5O2S/c1-17(2)22(24(30)31-3)27-23-19-6-4-5-7-20(19)25-21(26-23)15-29-11-9-28(10-12-29)14-18-8-13-32-16-18/h4-7,16-17,22H,8-15H2,1-3H3,(H,25,26,27)/t22-/m0/s1. The van der Waals surface area contributed by atoms with E-state index in [1.807, 2.05) is 49.9 Å². The minimum Gasteiger partial charge on any atom is -0.467 e. The summed E-state index contributed by atoms with van der Waals surface area (Å²) in [5.41, 5.74) is 2.46. The summed E-state index contributed by atoms with van der Waals surface area (Å²) in [6.07, 6.45) is 1.23. The van der Waals surface area contributed by atoms with Crippen LogP contribution in [0.15, 0.2) is 35.2 Å². The third-order valence-electron chi connectivity index (χ3n) is 6.11. The number of benzene rings is 1. The number of carbonyl (C=O) groups excluding carboxylic acids is 1. The number of thioether (sulfide) groups is 1. The molecule has 0 spiro atoms. The molecule has 2 aliphatic heterocycles. The smallest absolute Gasteiger partial charge is 0.328 e. The van der Waals surface area contributed by atoms with Gasteiger partial charge >= 0.3 is 5.97 Å². The zero-order valence-electron chi connectivity index (χ0n) is 19.2. The number of carbonyl (C=O) groups is 1. The summed E-state index contributed by atoms with van der Waals surface area (Å²) in [7, 11) is 1.42. The number of nitrogens with one attached hydrogen (secondary N) is 1. The molecule has 0 aliphatic carbocycles. The number of esters is 1. The molecule has 1 fully saturated rings. The first-order valence-corrected chi connectivity index (χ1v) is 12.4. The molecule has 0 radical (unpaired) electrons. The van der Waals surface area contributed by atoms with E-state index in [1.54, 1.807) is 5.57 Å². The van der Waals surface area contributed by atoms with E-state index in [2.05, 4.69) is 20.5 Å². The van der Waals surface area contributed by atoms with Crippen LogP contribution in [0, 0.1) is 5.92 Å². The van der Waals surface area contributed by atoms with Gasteiger partial charge in [0.1, 0.15) is 17.7 Å². The molecule has 1 saturated heterocycles. The number of piperazine rings is 1. The molecule has 0 unspecified atom stereocenters. The van der Waals surface area contributed by atoms with Crippen molar-refractivity contribution < 1.29 is 9.53 Å². The summed E-state index contributed by atoms with van der Waals surface area (Å²) < 4.78 is 5.00. The molecular formula is C24H33N5O2S. The molecule has 0 saturated carbocycles. The number of aromatic nitrogens is 2. The molecule has 1 atom stereocenters. The first-order chi connectivity index (χ1) is 15.5. The van der Waals surface area contributed by atoms with Crippen molar-refractivity contribution in [3.8, 4) is 0 Å². The van der Waals surface area contributed by atoms with Gasteiger partial charge in [0.25, 0.3) is 0 Å². The number of fused-ring (bicyclic) bond motifs is 1. The van der Waals surface area contributed by atoms with Gasteiger partial charge in [-0.3, -0.25) is 9.80 Å². The molecule has 172 valence electrons. The van der Waals surface area contributed by atoms with E-state index in [-0.39, 0.29) is 11.9 Å². The lowest BCUT2D eigenvalue weighted by Crippen LogP contribution is -2.46. The number of rotatable bonds is 8. The van der Waals surface area contributed by atoms with Gasteiger partial charge in [-0.2, -0.15) is 0 Å². The molecule has 3 heterocycles. The maximum Gasteiger partial charge on any atom is 0.328 e. The van der Waals surface area contributed by atoms with E-state index in [1.165, 1.54) is 19.3 Å². The van der Waals surface area contributed by atoms with Crippen molar-refractivity contribution in [3.63, 3.8) is 0 Å². The minimum absolute atomic E-state index is 0.0705. The minimum atomic E-state index is -0.460. The molecular weight excluding hydrogens is 422 g/mol. The molecule has 2 aliphatic rings. The highest BCUT2D eigenvalue weighted by molar-refractivity contribution is 8.02. The second kappa shape index (κ2) is 10.6. The topological polar surface area (TPSA) is 70.6 Å². The quantitative estimate of drug-likeness (QED) is 0.608. The Hall–Kier alpha value is -2.16. The largest absolute Gasteiger partial charge is 0.467 e. The number of ether oxygens (including phenoxy) is 1. The third-order valence-corrected chi connectivity index (χ3v) is 7.05. The van der Waals surface area contributed by atoms with Gasteiger partial charge < -0.3 is 10.1 Å². The van der Waals surface area contributed by atoms with Gasteiger partial charge in [-0.25, -0.2) is 14.8 Å². The Balaban J connectivity index is 1.47. The summed E-state index contributed by atoms with van der Waals surface area (Å²) >= 11 is 1.93. The predicted octanol–water partition coefficient (Wildman–Crippen LogP) is 3.38. The van der Waals surface area contributed by atoms with E-state index < -0.39 is 6.04 Å². The van der Waals surface area contributed by atoms with Crippen LogP contribution in [0.5, 0.6) is 0 Å². The zero-order chi connectivity index (χ0) is 22.5. The average Bonchev–Trinajstić information content (AvgIpc) is 3.31. The van der Waals surface area contributed by atoms with Crippen LogP contribution in [-0.2, 0) is 16.1 Å². The van der Waals surface area contributed by atoms with Crippen LogP contribution in [0.4, 0.5) is 5.82 Å². The van der Waals surface area contributed by atoms with Crippen molar-refractivity contribution in [2.24, 2.45) is 5.92 Å². The van der Waals surface area contributed by atoms with E-state index in [0.29, 0.717) is 12.4 Å². The average molecular weight is 456 g/mol. The molecule has 0 bridgehead atoms. The zero-order valence-corrected chi connectivity index (χ0v) is 20.0. The van der Waals surface area contributed by atoms with E-state index >= 15 is 0 Å². The van der Waals surface area contributed by atoms with Gasteiger partial charge in [-0.05, 0) is 35.5 Å². The summed E-state index contributed by atoms with van der Waals surface area (Å²) in [5, 5.41) is 6.59. The first kappa shape index (κ1) is 23.0. The number of nitrogens with zero attached hydrogens (tertiary/aromatic N) is 4. The van der Waals surface area contributed by atoms with Crippen molar-refractivity contribution in [2.45, 2.75) is 32.9 Å². The third kappa shape index (κ3) is 5.60. The Morgan fingerprint density at radius 2 is 1.84 bits per heavy atom. The second-order valence-electron chi connectivity index (χ2n) is 8.84. The Bertz CT molecular complexity index is 972. The highest BCUT2D eigenvalue weighted by Crippen LogP contribution is 2.24. The van der Waals surface area contributed by atoms with Crippen molar-refractivity contribution >= 4 is 34.5 Å². The molecule has 1 N–H and O–H groups in total. The van der Waals surface area contributed by atoms with E-state index in [9.17, 15) is 4.79 Å². The first-order valence-electron chi connectivity index (χ1n) is 11.4. The van der Waals surface area contributed by atoms with Crippen LogP contribution < -0.4 is 5.32 Å². The molecule has 8 heteroatoms. The van der Waals surface area contributed by atoms with Crippen molar-refractivity contribution in [3.05, 3.63) is 41.1 Å². The highest BCUT2D eigenvalue weighted by Gasteiger charge is 2.25. The van der Waals surface area contributed by atoms with Crippen LogP contribution in [-0.4, -0.2) is 77.4 Å². The monoisotopic (exact) mass is 455 g/mol. The fraction of sp³-hybridized carbons (Fsp3) is 0.542. The van der Waals surface area contributed by atoms with Crippen LogP contribution in [0.25, 0.3) is 10.9 Å². The summed E-state index contributed by atoms with van der Waals surface area (Å²) in [4.78, 5) is 26.9. The lowest BCUT2D eigenvalue weighted by molar-refractivity contribution is -0.142. The van der Waals surface area contributed by atoms with Crippen molar-refractivity contribution in [1.82, 2.24) is 19.8 Å².